The Morgan fingerprint density at radius 1 is 1.19 bits per heavy atom. The molecule has 26 heavy (non-hydrogen) atoms. The number of nitrogens with one attached hydrogen (secondary N) is 2. The zero-order valence-corrected chi connectivity index (χ0v) is 15.3. The Labute approximate surface area is 155 Å². The van der Waals surface area contributed by atoms with Crippen molar-refractivity contribution in [2.24, 2.45) is 0 Å². The average molecular weight is 398 g/mol. The Balaban J connectivity index is 1.97. The molecule has 0 saturated carbocycles. The van der Waals surface area contributed by atoms with Crippen molar-refractivity contribution in [3.63, 3.8) is 0 Å². The molecule has 0 radical (unpaired) electrons. The monoisotopic (exact) mass is 397 g/mol. The number of aryl methyl sites for hydroxylation is 1. The van der Waals surface area contributed by atoms with Crippen molar-refractivity contribution < 1.29 is 18.1 Å². The number of benzene rings is 2. The molecule has 0 saturated heterocycles. The fourth-order valence-electron chi connectivity index (χ4n) is 2.01. The molecule has 138 valence electrons. The van der Waals surface area contributed by atoms with Gasteiger partial charge in [-0.2, -0.15) is 0 Å². The summed E-state index contributed by atoms with van der Waals surface area (Å²) in [5, 5.41) is 13.3. The number of hydrogen-bond acceptors (Lipinski definition) is 5. The van der Waals surface area contributed by atoms with Gasteiger partial charge in [-0.25, -0.2) is 13.1 Å². The Bertz CT molecular complexity index is 929. The molecule has 0 unspecified atom stereocenters. The van der Waals surface area contributed by atoms with Gasteiger partial charge < -0.3 is 5.32 Å². The Hall–Kier alpha value is -2.49. The number of halogens is 1. The van der Waals surface area contributed by atoms with Gasteiger partial charge in [0.05, 0.1) is 16.4 Å². The summed E-state index contributed by atoms with van der Waals surface area (Å²) >= 11 is 5.66. The van der Waals surface area contributed by atoms with Crippen LogP contribution in [0.1, 0.15) is 11.1 Å². The van der Waals surface area contributed by atoms with Crippen LogP contribution in [0, 0.1) is 17.0 Å². The van der Waals surface area contributed by atoms with Gasteiger partial charge in [0.15, 0.2) is 0 Å². The van der Waals surface area contributed by atoms with Crippen molar-refractivity contribution in [2.45, 2.75) is 18.4 Å². The van der Waals surface area contributed by atoms with Crippen LogP contribution in [0.2, 0.25) is 5.02 Å². The third-order valence-corrected chi connectivity index (χ3v) is 5.18. The van der Waals surface area contributed by atoms with Crippen LogP contribution in [0.5, 0.6) is 0 Å². The third kappa shape index (κ3) is 5.25. The second-order valence-corrected chi connectivity index (χ2v) is 7.63. The van der Waals surface area contributed by atoms with Crippen LogP contribution in [0.25, 0.3) is 0 Å². The quantitative estimate of drug-likeness (QED) is 0.548. The summed E-state index contributed by atoms with van der Waals surface area (Å²) in [6.07, 6.45) is 0. The highest BCUT2D eigenvalue weighted by atomic mass is 35.5. The van der Waals surface area contributed by atoms with Crippen LogP contribution in [0.15, 0.2) is 47.4 Å². The van der Waals surface area contributed by atoms with Crippen molar-refractivity contribution in [2.75, 3.05) is 6.54 Å². The maximum Gasteiger partial charge on any atom is 0.289 e. The Morgan fingerprint density at radius 3 is 2.46 bits per heavy atom. The molecule has 0 heterocycles. The Kier molecular flexibility index (Phi) is 6.30. The van der Waals surface area contributed by atoms with E-state index in [-0.39, 0.29) is 16.5 Å². The molecular weight excluding hydrogens is 382 g/mol. The summed E-state index contributed by atoms with van der Waals surface area (Å²) in [7, 11) is -4.09. The van der Waals surface area contributed by atoms with E-state index in [0.717, 1.165) is 29.3 Å². The zero-order chi connectivity index (χ0) is 19.3. The van der Waals surface area contributed by atoms with Gasteiger partial charge in [0.2, 0.25) is 15.9 Å². The molecule has 2 aromatic rings. The van der Waals surface area contributed by atoms with Crippen molar-refractivity contribution in [3.05, 3.63) is 68.7 Å². The lowest BCUT2D eigenvalue weighted by Gasteiger charge is -2.08. The molecule has 0 aliphatic carbocycles. The first-order valence-corrected chi connectivity index (χ1v) is 9.31. The van der Waals surface area contributed by atoms with Gasteiger partial charge in [-0.05, 0) is 24.6 Å². The first-order valence-electron chi connectivity index (χ1n) is 7.45. The van der Waals surface area contributed by atoms with Gasteiger partial charge in [0.25, 0.3) is 5.69 Å². The van der Waals surface area contributed by atoms with Gasteiger partial charge in [0.1, 0.15) is 5.02 Å². The van der Waals surface area contributed by atoms with Gasteiger partial charge in [0, 0.05) is 12.6 Å². The van der Waals surface area contributed by atoms with Crippen LogP contribution >= 0.6 is 11.6 Å². The number of rotatable bonds is 7. The minimum absolute atomic E-state index is 0.176. The summed E-state index contributed by atoms with van der Waals surface area (Å²) in [5.41, 5.74) is 1.43. The predicted molar refractivity (Wildman–Crippen MR) is 96.3 cm³/mol. The topological polar surface area (TPSA) is 118 Å². The predicted octanol–water partition coefficient (Wildman–Crippen LogP) is 2.15. The number of nitro benzene ring substituents is 1. The summed E-state index contributed by atoms with van der Waals surface area (Å²) in [4.78, 5) is 21.5. The molecule has 2 aromatic carbocycles. The SMILES string of the molecule is Cc1ccc(CNC(=O)CNS(=O)(=O)c2ccc(Cl)c([N+](=O)[O-])c2)cc1. The summed E-state index contributed by atoms with van der Waals surface area (Å²) in [5.74, 6) is -0.530. The van der Waals surface area contributed by atoms with E-state index >= 15 is 0 Å². The second kappa shape index (κ2) is 8.26. The van der Waals surface area contributed by atoms with Crippen molar-refractivity contribution in [1.29, 1.82) is 0 Å². The van der Waals surface area contributed by atoms with Gasteiger partial charge >= 0.3 is 0 Å². The number of carbonyl (C=O) groups is 1. The smallest absolute Gasteiger partial charge is 0.289 e. The first-order chi connectivity index (χ1) is 12.2. The van der Waals surface area contributed by atoms with Crippen LogP contribution in [0.3, 0.4) is 0 Å². The summed E-state index contributed by atoms with van der Waals surface area (Å²) in [6.45, 7) is 1.70. The lowest BCUT2D eigenvalue weighted by atomic mass is 10.1. The highest BCUT2D eigenvalue weighted by Crippen LogP contribution is 2.26. The molecule has 2 N–H and O–H groups in total. The van der Waals surface area contributed by atoms with Crippen LogP contribution in [-0.2, 0) is 21.4 Å². The standard InChI is InChI=1S/C16H16ClN3O5S/c1-11-2-4-12(5-3-11)9-18-16(21)10-19-26(24,25)13-6-7-14(17)15(8-13)20(22)23/h2-8,19H,9-10H2,1H3,(H,18,21). The van der Waals surface area contributed by atoms with Gasteiger partial charge in [-0.3, -0.25) is 14.9 Å². The lowest BCUT2D eigenvalue weighted by molar-refractivity contribution is -0.384. The van der Waals surface area contributed by atoms with E-state index in [4.69, 9.17) is 11.6 Å². The Morgan fingerprint density at radius 2 is 1.85 bits per heavy atom. The lowest BCUT2D eigenvalue weighted by Crippen LogP contribution is -2.36. The second-order valence-electron chi connectivity index (χ2n) is 5.46. The molecule has 0 aromatic heterocycles. The number of carbonyl (C=O) groups excluding carboxylic acids is 1. The van der Waals surface area contributed by atoms with E-state index in [0.29, 0.717) is 0 Å². The van der Waals surface area contributed by atoms with E-state index in [2.05, 4.69) is 10.0 Å². The highest BCUT2D eigenvalue weighted by Gasteiger charge is 2.21. The fraction of sp³-hybridized carbons (Fsp3) is 0.188. The van der Waals surface area contributed by atoms with Crippen LogP contribution in [-0.4, -0.2) is 25.8 Å². The number of nitro groups is 1. The molecule has 0 spiro atoms. The maximum atomic E-state index is 12.2. The minimum Gasteiger partial charge on any atom is -0.351 e. The minimum atomic E-state index is -4.09. The van der Waals surface area contributed by atoms with Crippen molar-refractivity contribution in [1.82, 2.24) is 10.0 Å². The van der Waals surface area contributed by atoms with E-state index in [9.17, 15) is 23.3 Å². The molecular formula is C16H16ClN3O5S. The van der Waals surface area contributed by atoms with E-state index < -0.39 is 33.1 Å². The molecule has 0 fully saturated rings. The number of hydrogen-bond donors (Lipinski definition) is 2. The number of sulfonamides is 1. The van der Waals surface area contributed by atoms with E-state index in [1.807, 2.05) is 31.2 Å². The van der Waals surface area contributed by atoms with E-state index in [1.54, 1.807) is 0 Å². The third-order valence-electron chi connectivity index (χ3n) is 3.46. The molecule has 10 heteroatoms. The van der Waals surface area contributed by atoms with E-state index in [1.165, 1.54) is 0 Å². The largest absolute Gasteiger partial charge is 0.351 e. The maximum absolute atomic E-state index is 12.2. The molecule has 0 bridgehead atoms. The van der Waals surface area contributed by atoms with Crippen LogP contribution < -0.4 is 10.0 Å². The van der Waals surface area contributed by atoms with Crippen LogP contribution in [0.4, 0.5) is 5.69 Å². The van der Waals surface area contributed by atoms with Gasteiger partial charge in [-0.1, -0.05) is 41.4 Å². The molecule has 2 rings (SSSR count). The first kappa shape index (κ1) is 19.8. The highest BCUT2D eigenvalue weighted by molar-refractivity contribution is 7.89. The average Bonchev–Trinajstić information content (AvgIpc) is 2.59. The number of nitrogens with zero attached hydrogens (tertiary/aromatic N) is 1. The normalized spacial score (nSPS) is 11.2. The molecule has 0 atom stereocenters. The zero-order valence-electron chi connectivity index (χ0n) is 13.7. The van der Waals surface area contributed by atoms with Gasteiger partial charge in [-0.15, -0.1) is 0 Å². The molecule has 1 amide bonds. The summed E-state index contributed by atoms with van der Waals surface area (Å²) < 4.78 is 26.5. The molecule has 8 nitrogen and oxygen atoms in total. The fourth-order valence-corrected chi connectivity index (χ4v) is 3.20. The molecule has 0 aliphatic heterocycles. The van der Waals surface area contributed by atoms with Crippen molar-refractivity contribution >= 4 is 33.2 Å². The molecule has 0 aliphatic rings. The summed E-state index contributed by atoms with van der Waals surface area (Å²) in [6, 6.07) is 10.6. The number of amides is 1. The van der Waals surface area contributed by atoms with Crippen molar-refractivity contribution in [3.8, 4) is 0 Å².